The van der Waals surface area contributed by atoms with E-state index in [4.69, 9.17) is 4.74 Å². The molecule has 0 aliphatic heterocycles. The molecule has 0 saturated heterocycles. The minimum atomic E-state index is -2.60. The molecule has 1 saturated carbocycles. The zero-order valence-electron chi connectivity index (χ0n) is 13.0. The van der Waals surface area contributed by atoms with Gasteiger partial charge in [-0.2, -0.15) is 5.10 Å². The lowest BCUT2D eigenvalue weighted by atomic mass is 10.2. The van der Waals surface area contributed by atoms with Crippen LogP contribution in [-0.4, -0.2) is 34.9 Å². The van der Waals surface area contributed by atoms with E-state index in [1.165, 1.54) is 10.7 Å². The van der Waals surface area contributed by atoms with Crippen LogP contribution in [0.2, 0.25) is 0 Å². The smallest absolute Gasteiger partial charge is 0.282 e. The summed E-state index contributed by atoms with van der Waals surface area (Å²) in [6, 6.07) is 1.42. The highest BCUT2D eigenvalue weighted by Crippen LogP contribution is 2.41. The van der Waals surface area contributed by atoms with E-state index in [1.54, 1.807) is 0 Å². The summed E-state index contributed by atoms with van der Waals surface area (Å²) in [4.78, 5) is 11.9. The Labute approximate surface area is 129 Å². The second-order valence-corrected chi connectivity index (χ2v) is 5.85. The fourth-order valence-corrected chi connectivity index (χ4v) is 2.20. The maximum absolute atomic E-state index is 12.7. The number of nitrogens with one attached hydrogen (secondary N) is 1. The fourth-order valence-electron chi connectivity index (χ4n) is 2.20. The van der Waals surface area contributed by atoms with Crippen molar-refractivity contribution in [2.75, 3.05) is 13.2 Å². The van der Waals surface area contributed by atoms with Crippen LogP contribution in [0.15, 0.2) is 6.07 Å². The van der Waals surface area contributed by atoms with Gasteiger partial charge in [0.2, 0.25) is 5.91 Å². The number of hydrogen-bond acceptors (Lipinski definition) is 3. The Morgan fingerprint density at radius 1 is 1.50 bits per heavy atom. The summed E-state index contributed by atoms with van der Waals surface area (Å²) >= 11 is 0. The van der Waals surface area contributed by atoms with E-state index in [1.807, 2.05) is 13.8 Å². The molecule has 0 radical (unpaired) electrons. The maximum atomic E-state index is 12.7. The molecule has 124 valence electrons. The Bertz CT molecular complexity index is 499. The first-order valence-electron chi connectivity index (χ1n) is 7.71. The number of nitrogens with zero attached hydrogens (tertiary/aromatic N) is 2. The topological polar surface area (TPSA) is 56.1 Å². The van der Waals surface area contributed by atoms with Gasteiger partial charge in [-0.1, -0.05) is 0 Å². The largest absolute Gasteiger partial charge is 0.379 e. The van der Waals surface area contributed by atoms with E-state index < -0.39 is 6.43 Å². The van der Waals surface area contributed by atoms with Crippen molar-refractivity contribution in [1.29, 1.82) is 0 Å². The highest BCUT2D eigenvalue weighted by molar-refractivity contribution is 5.75. The van der Waals surface area contributed by atoms with Gasteiger partial charge in [-0.3, -0.25) is 9.48 Å². The normalized spacial score (nSPS) is 14.8. The monoisotopic (exact) mass is 315 g/mol. The Morgan fingerprint density at radius 2 is 2.23 bits per heavy atom. The van der Waals surface area contributed by atoms with Crippen LogP contribution in [0.25, 0.3) is 0 Å². The van der Waals surface area contributed by atoms with E-state index in [-0.39, 0.29) is 30.2 Å². The quantitative estimate of drug-likeness (QED) is 0.713. The summed E-state index contributed by atoms with van der Waals surface area (Å²) in [5.41, 5.74) is 0.494. The minimum absolute atomic E-state index is 0.0103. The Balaban J connectivity index is 1.80. The number of carbonyl (C=O) groups excluding carboxylic acids is 1. The van der Waals surface area contributed by atoms with Crippen molar-refractivity contribution in [1.82, 2.24) is 15.1 Å². The molecule has 0 atom stereocenters. The predicted molar refractivity (Wildman–Crippen MR) is 77.9 cm³/mol. The zero-order chi connectivity index (χ0) is 16.1. The molecule has 1 aliphatic rings. The average molecular weight is 315 g/mol. The summed E-state index contributed by atoms with van der Waals surface area (Å²) in [5.74, 6) is 0.0580. The lowest BCUT2D eigenvalue weighted by molar-refractivity contribution is -0.121. The zero-order valence-corrected chi connectivity index (χ0v) is 13.0. The van der Waals surface area contributed by atoms with Crippen LogP contribution in [0.5, 0.6) is 0 Å². The van der Waals surface area contributed by atoms with Crippen molar-refractivity contribution in [2.45, 2.75) is 58.1 Å². The van der Waals surface area contributed by atoms with Crippen molar-refractivity contribution in [3.05, 3.63) is 17.5 Å². The second-order valence-electron chi connectivity index (χ2n) is 5.85. The first kappa shape index (κ1) is 16.9. The van der Waals surface area contributed by atoms with E-state index in [9.17, 15) is 13.6 Å². The lowest BCUT2D eigenvalue weighted by Gasteiger charge is -2.09. The molecule has 1 heterocycles. The third kappa shape index (κ3) is 5.05. The van der Waals surface area contributed by atoms with E-state index in [2.05, 4.69) is 10.4 Å². The standard InChI is InChI=1S/C15H23F2N3O2/c1-10(2)22-7-3-6-18-14(21)9-20-13(11-4-5-11)8-12(19-20)15(16)17/h8,10-11,15H,3-7,9H2,1-2H3,(H,18,21). The van der Waals surface area contributed by atoms with Gasteiger partial charge < -0.3 is 10.1 Å². The molecule has 0 unspecified atom stereocenters. The number of ether oxygens (including phenoxy) is 1. The first-order chi connectivity index (χ1) is 10.5. The molecule has 2 rings (SSSR count). The number of amides is 1. The number of halogens is 2. The summed E-state index contributed by atoms with van der Waals surface area (Å²) in [7, 11) is 0. The molecule has 1 amide bonds. The Kier molecular flexibility index (Phi) is 5.88. The van der Waals surface area contributed by atoms with E-state index in [0.717, 1.165) is 25.0 Å². The number of carbonyl (C=O) groups is 1. The summed E-state index contributed by atoms with van der Waals surface area (Å²) in [6.45, 7) is 4.99. The Hall–Kier alpha value is -1.50. The highest BCUT2D eigenvalue weighted by Gasteiger charge is 2.30. The molecule has 22 heavy (non-hydrogen) atoms. The van der Waals surface area contributed by atoms with Crippen molar-refractivity contribution in [2.24, 2.45) is 0 Å². The summed E-state index contributed by atoms with van der Waals surface area (Å²) in [6.07, 6.45) is 0.245. The molecule has 0 bridgehead atoms. The van der Waals surface area contributed by atoms with Gasteiger partial charge in [0.05, 0.1) is 6.10 Å². The molecule has 0 aromatic carbocycles. The van der Waals surface area contributed by atoms with Crippen LogP contribution in [0.1, 0.15) is 56.8 Å². The van der Waals surface area contributed by atoms with Gasteiger partial charge >= 0.3 is 0 Å². The molecule has 1 fully saturated rings. The second kappa shape index (κ2) is 7.67. The molecule has 7 heteroatoms. The van der Waals surface area contributed by atoms with Crippen molar-refractivity contribution in [3.63, 3.8) is 0 Å². The van der Waals surface area contributed by atoms with Crippen LogP contribution >= 0.6 is 0 Å². The summed E-state index contributed by atoms with van der Waals surface area (Å²) < 4.78 is 32.3. The number of alkyl halides is 2. The fraction of sp³-hybridized carbons (Fsp3) is 0.733. The van der Waals surface area contributed by atoms with Crippen molar-refractivity contribution < 1.29 is 18.3 Å². The number of hydrogen-bond donors (Lipinski definition) is 1. The number of rotatable bonds is 9. The van der Waals surface area contributed by atoms with Gasteiger partial charge in [0, 0.05) is 24.8 Å². The lowest BCUT2D eigenvalue weighted by Crippen LogP contribution is -2.30. The van der Waals surface area contributed by atoms with Gasteiger partial charge in [-0.15, -0.1) is 0 Å². The highest BCUT2D eigenvalue weighted by atomic mass is 19.3. The molecule has 1 aromatic rings. The molecule has 5 nitrogen and oxygen atoms in total. The molecule has 1 aromatic heterocycles. The third-order valence-electron chi connectivity index (χ3n) is 3.44. The van der Waals surface area contributed by atoms with Crippen molar-refractivity contribution >= 4 is 5.91 Å². The molecular formula is C15H23F2N3O2. The molecule has 0 spiro atoms. The van der Waals surface area contributed by atoms with E-state index in [0.29, 0.717) is 13.2 Å². The van der Waals surface area contributed by atoms with Crippen LogP contribution in [-0.2, 0) is 16.1 Å². The average Bonchev–Trinajstić information content (AvgIpc) is 3.19. The van der Waals surface area contributed by atoms with Gasteiger partial charge in [0.1, 0.15) is 12.2 Å². The van der Waals surface area contributed by atoms with Crippen LogP contribution in [0.4, 0.5) is 8.78 Å². The van der Waals surface area contributed by atoms with Crippen LogP contribution < -0.4 is 5.32 Å². The first-order valence-corrected chi connectivity index (χ1v) is 7.71. The van der Waals surface area contributed by atoms with Gasteiger partial charge in [0.15, 0.2) is 0 Å². The predicted octanol–water partition coefficient (Wildman–Crippen LogP) is 2.63. The molecular weight excluding hydrogens is 292 g/mol. The number of aromatic nitrogens is 2. The minimum Gasteiger partial charge on any atom is -0.379 e. The molecule has 1 aliphatic carbocycles. The van der Waals surface area contributed by atoms with Gasteiger partial charge in [-0.25, -0.2) is 8.78 Å². The summed E-state index contributed by atoms with van der Waals surface area (Å²) in [5, 5.41) is 6.62. The van der Waals surface area contributed by atoms with E-state index >= 15 is 0 Å². The van der Waals surface area contributed by atoms with Crippen LogP contribution in [0.3, 0.4) is 0 Å². The SMILES string of the molecule is CC(C)OCCCNC(=O)Cn1nc(C(F)F)cc1C1CC1. The van der Waals surface area contributed by atoms with Crippen LogP contribution in [0, 0.1) is 0 Å². The molecule has 1 N–H and O–H groups in total. The van der Waals surface area contributed by atoms with Gasteiger partial charge in [0.25, 0.3) is 6.43 Å². The Morgan fingerprint density at radius 3 is 2.82 bits per heavy atom. The maximum Gasteiger partial charge on any atom is 0.282 e. The third-order valence-corrected chi connectivity index (χ3v) is 3.44. The van der Waals surface area contributed by atoms with Crippen molar-refractivity contribution in [3.8, 4) is 0 Å². The van der Waals surface area contributed by atoms with Gasteiger partial charge in [-0.05, 0) is 39.2 Å².